The van der Waals surface area contributed by atoms with Crippen molar-refractivity contribution in [3.8, 4) is 17.2 Å². The number of benzene rings is 2. The first-order chi connectivity index (χ1) is 14.2. The van der Waals surface area contributed by atoms with E-state index in [1.807, 2.05) is 13.0 Å². The highest BCUT2D eigenvalue weighted by molar-refractivity contribution is 7.92. The third-order valence-corrected chi connectivity index (χ3v) is 5.71. The molecule has 0 fully saturated rings. The van der Waals surface area contributed by atoms with Gasteiger partial charge in [0.2, 0.25) is 15.9 Å². The van der Waals surface area contributed by atoms with E-state index in [-0.39, 0.29) is 24.6 Å². The molecule has 0 atom stereocenters. The van der Waals surface area contributed by atoms with E-state index >= 15 is 0 Å². The molecule has 0 saturated heterocycles. The summed E-state index contributed by atoms with van der Waals surface area (Å²) in [6, 6.07) is 9.98. The fourth-order valence-corrected chi connectivity index (χ4v) is 3.61. The topological polar surface area (TPSA) is 94.2 Å². The lowest BCUT2D eigenvalue weighted by Crippen LogP contribution is -2.41. The van der Waals surface area contributed by atoms with Crippen LogP contribution in [0.1, 0.15) is 5.56 Å². The van der Waals surface area contributed by atoms with Gasteiger partial charge in [-0.3, -0.25) is 9.10 Å². The van der Waals surface area contributed by atoms with Crippen molar-refractivity contribution in [3.63, 3.8) is 0 Å². The van der Waals surface area contributed by atoms with Crippen LogP contribution in [0, 0.1) is 6.92 Å². The molecule has 8 nitrogen and oxygen atoms in total. The maximum absolute atomic E-state index is 12.3. The van der Waals surface area contributed by atoms with Crippen molar-refractivity contribution in [2.45, 2.75) is 6.92 Å². The highest BCUT2D eigenvalue weighted by atomic mass is 35.5. The van der Waals surface area contributed by atoms with Crippen molar-refractivity contribution in [3.05, 3.63) is 47.0 Å². The van der Waals surface area contributed by atoms with Gasteiger partial charge in [0.05, 0.1) is 32.7 Å². The second kappa shape index (κ2) is 10.4. The number of hydrogen-bond acceptors (Lipinski definition) is 6. The number of methoxy groups -OCH3 is 2. The molecule has 0 heterocycles. The second-order valence-corrected chi connectivity index (χ2v) is 8.73. The molecule has 0 spiro atoms. The monoisotopic (exact) mass is 456 g/mol. The van der Waals surface area contributed by atoms with Gasteiger partial charge < -0.3 is 19.5 Å². The molecule has 0 aromatic heterocycles. The minimum Gasteiger partial charge on any atom is -0.497 e. The molecule has 2 aromatic rings. The van der Waals surface area contributed by atoms with Crippen LogP contribution < -0.4 is 23.8 Å². The van der Waals surface area contributed by atoms with E-state index in [1.165, 1.54) is 20.3 Å². The number of nitrogens with one attached hydrogen (secondary N) is 1. The van der Waals surface area contributed by atoms with Gasteiger partial charge >= 0.3 is 0 Å². The Bertz CT molecular complexity index is 997. The molecule has 0 saturated carbocycles. The van der Waals surface area contributed by atoms with Crippen molar-refractivity contribution in [2.75, 3.05) is 44.5 Å². The van der Waals surface area contributed by atoms with Gasteiger partial charge in [-0.25, -0.2) is 8.42 Å². The Labute approximate surface area is 181 Å². The molecule has 0 unspecified atom stereocenters. The predicted molar refractivity (Wildman–Crippen MR) is 116 cm³/mol. The third kappa shape index (κ3) is 6.43. The number of aryl methyl sites for hydroxylation is 1. The van der Waals surface area contributed by atoms with Crippen molar-refractivity contribution < 1.29 is 27.4 Å². The molecule has 0 bridgehead atoms. The Morgan fingerprint density at radius 3 is 2.40 bits per heavy atom. The molecule has 164 valence electrons. The first-order valence-electron chi connectivity index (χ1n) is 9.01. The number of sulfonamides is 1. The summed E-state index contributed by atoms with van der Waals surface area (Å²) in [5.74, 6) is 0.874. The second-order valence-electron chi connectivity index (χ2n) is 6.42. The van der Waals surface area contributed by atoms with Gasteiger partial charge in [0.25, 0.3) is 0 Å². The zero-order chi connectivity index (χ0) is 22.3. The van der Waals surface area contributed by atoms with Gasteiger partial charge in [-0.2, -0.15) is 0 Å². The Hall–Kier alpha value is -2.65. The molecule has 1 amide bonds. The van der Waals surface area contributed by atoms with Gasteiger partial charge in [0, 0.05) is 11.1 Å². The van der Waals surface area contributed by atoms with Crippen LogP contribution in [0.2, 0.25) is 5.02 Å². The lowest BCUT2D eigenvalue weighted by molar-refractivity contribution is -0.119. The minimum atomic E-state index is -3.74. The van der Waals surface area contributed by atoms with Crippen LogP contribution in [0.3, 0.4) is 0 Å². The molecule has 0 aliphatic carbocycles. The van der Waals surface area contributed by atoms with Gasteiger partial charge in [-0.05, 0) is 36.8 Å². The molecule has 1 N–H and O–H groups in total. The number of anilines is 1. The van der Waals surface area contributed by atoms with Gasteiger partial charge in [-0.1, -0.05) is 17.7 Å². The number of hydrogen-bond donors (Lipinski definition) is 1. The van der Waals surface area contributed by atoms with Crippen LogP contribution >= 0.6 is 11.6 Å². The number of carbonyl (C=O) groups is 1. The number of nitrogens with zero attached hydrogens (tertiary/aromatic N) is 1. The number of amides is 1. The summed E-state index contributed by atoms with van der Waals surface area (Å²) in [5, 5.41) is 3.23. The van der Waals surface area contributed by atoms with Crippen LogP contribution in [0.15, 0.2) is 36.4 Å². The molecule has 10 heteroatoms. The molecule has 30 heavy (non-hydrogen) atoms. The quantitative estimate of drug-likeness (QED) is 0.552. The predicted octanol–water partition coefficient (Wildman–Crippen LogP) is 2.63. The summed E-state index contributed by atoms with van der Waals surface area (Å²) in [6.45, 7) is 1.88. The zero-order valence-electron chi connectivity index (χ0n) is 17.3. The van der Waals surface area contributed by atoms with Crippen LogP contribution in [0.4, 0.5) is 5.69 Å². The first-order valence-corrected chi connectivity index (χ1v) is 11.2. The maximum Gasteiger partial charge on any atom is 0.240 e. The highest BCUT2D eigenvalue weighted by Crippen LogP contribution is 2.33. The van der Waals surface area contributed by atoms with Crippen LogP contribution in [0.5, 0.6) is 17.2 Å². The van der Waals surface area contributed by atoms with E-state index in [1.54, 1.807) is 24.3 Å². The summed E-state index contributed by atoms with van der Waals surface area (Å²) in [4.78, 5) is 12.3. The van der Waals surface area contributed by atoms with E-state index in [4.69, 9.17) is 25.8 Å². The minimum absolute atomic E-state index is 0.196. The standard InChI is InChI=1S/C20H25ClN2O6S/c1-14-5-6-16(11-17(14)21)29-10-9-22-20(24)13-23(30(4,25)26)18-8-7-15(27-2)12-19(18)28-3/h5-8,11-12H,9-10,13H2,1-4H3,(H,22,24). The number of ether oxygens (including phenoxy) is 3. The highest BCUT2D eigenvalue weighted by Gasteiger charge is 2.24. The van der Waals surface area contributed by atoms with E-state index in [0.29, 0.717) is 16.5 Å². The molecule has 0 aliphatic rings. The van der Waals surface area contributed by atoms with Crippen LogP contribution in [-0.4, -0.2) is 54.5 Å². The average Bonchev–Trinajstić information content (AvgIpc) is 2.70. The average molecular weight is 457 g/mol. The van der Waals surface area contributed by atoms with Crippen molar-refractivity contribution >= 4 is 33.2 Å². The maximum atomic E-state index is 12.3. The molecular formula is C20H25ClN2O6S. The van der Waals surface area contributed by atoms with Gasteiger partial charge in [0.15, 0.2) is 0 Å². The molecule has 2 aromatic carbocycles. The SMILES string of the molecule is COc1ccc(N(CC(=O)NCCOc2ccc(C)c(Cl)c2)S(C)(=O)=O)c(OC)c1. The van der Waals surface area contributed by atoms with Crippen LogP contribution in [-0.2, 0) is 14.8 Å². The molecule has 0 aliphatic heterocycles. The Morgan fingerprint density at radius 1 is 1.10 bits per heavy atom. The molecule has 2 rings (SSSR count). The summed E-state index contributed by atoms with van der Waals surface area (Å²) >= 11 is 6.05. The number of carbonyl (C=O) groups excluding carboxylic acids is 1. The summed E-state index contributed by atoms with van der Waals surface area (Å²) in [7, 11) is -0.843. The lowest BCUT2D eigenvalue weighted by Gasteiger charge is -2.24. The van der Waals surface area contributed by atoms with E-state index in [2.05, 4.69) is 5.32 Å². The van der Waals surface area contributed by atoms with Gasteiger partial charge in [0.1, 0.15) is 30.4 Å². The summed E-state index contributed by atoms with van der Waals surface area (Å²) in [5.41, 5.74) is 1.17. The fraction of sp³-hybridized carbons (Fsp3) is 0.350. The molecular weight excluding hydrogens is 432 g/mol. The first kappa shape index (κ1) is 23.6. The van der Waals surface area contributed by atoms with E-state index < -0.39 is 22.5 Å². The summed E-state index contributed by atoms with van der Waals surface area (Å²) < 4.78 is 41.5. The van der Waals surface area contributed by atoms with E-state index in [9.17, 15) is 13.2 Å². The smallest absolute Gasteiger partial charge is 0.240 e. The Balaban J connectivity index is 2.00. The third-order valence-electron chi connectivity index (χ3n) is 4.18. The Morgan fingerprint density at radius 2 is 1.80 bits per heavy atom. The largest absolute Gasteiger partial charge is 0.497 e. The number of rotatable bonds is 10. The van der Waals surface area contributed by atoms with Crippen molar-refractivity contribution in [1.29, 1.82) is 0 Å². The summed E-state index contributed by atoms with van der Waals surface area (Å²) in [6.07, 6.45) is 1.02. The van der Waals surface area contributed by atoms with Gasteiger partial charge in [-0.15, -0.1) is 0 Å². The van der Waals surface area contributed by atoms with E-state index in [0.717, 1.165) is 16.1 Å². The fourth-order valence-electron chi connectivity index (χ4n) is 2.58. The zero-order valence-corrected chi connectivity index (χ0v) is 18.8. The van der Waals surface area contributed by atoms with Crippen molar-refractivity contribution in [1.82, 2.24) is 5.32 Å². The molecule has 0 radical (unpaired) electrons. The van der Waals surface area contributed by atoms with Crippen LogP contribution in [0.25, 0.3) is 0 Å². The number of halogens is 1. The van der Waals surface area contributed by atoms with Crippen molar-refractivity contribution in [2.24, 2.45) is 0 Å². The Kier molecular flexibility index (Phi) is 8.19. The normalized spacial score (nSPS) is 11.0. The lowest BCUT2D eigenvalue weighted by atomic mass is 10.2.